The van der Waals surface area contributed by atoms with Crippen LogP contribution in [0.5, 0.6) is 0 Å². The summed E-state index contributed by atoms with van der Waals surface area (Å²) in [7, 11) is 3.46. The molecule has 2 heteroatoms. The first-order valence-corrected chi connectivity index (χ1v) is 11.9. The van der Waals surface area contributed by atoms with Gasteiger partial charge in [-0.25, -0.2) is 0 Å². The molecule has 0 aliphatic carbocycles. The van der Waals surface area contributed by atoms with Crippen LogP contribution in [0.3, 0.4) is 0 Å². The van der Waals surface area contributed by atoms with E-state index in [4.69, 9.17) is 0 Å². The zero-order valence-corrected chi connectivity index (χ0v) is 7.85. The Hall–Kier alpha value is 1.96. The number of rotatable bonds is 1. The van der Waals surface area contributed by atoms with Crippen molar-refractivity contribution in [3.05, 3.63) is 0 Å². The summed E-state index contributed by atoms with van der Waals surface area (Å²) in [6.07, 6.45) is 0. The predicted molar refractivity (Wildman–Crippen MR) is 25.2 cm³/mol. The fraction of sp³-hybridized carbons (Fsp3) is 1.00. The van der Waals surface area contributed by atoms with E-state index in [9.17, 15) is 0 Å². The predicted octanol–water partition coefficient (Wildman–Crippen LogP) is 1.44. The SMILES string of the molecule is C[CH2][Sr][Br]. The van der Waals surface area contributed by atoms with Gasteiger partial charge in [0.2, 0.25) is 0 Å². The first-order chi connectivity index (χ1) is 1.91. The molecule has 0 bridgehead atoms. The normalized spacial score (nSPS) is 5.50. The summed E-state index contributed by atoms with van der Waals surface area (Å²) < 4.78 is 1.45. The second-order valence-corrected chi connectivity index (χ2v) is 8.77. The minimum atomic E-state index is -0.221. The molecule has 4 heavy (non-hydrogen) atoms. The van der Waals surface area contributed by atoms with Crippen LogP contribution in [0.4, 0.5) is 0 Å². The molecule has 0 spiro atoms. The molecule has 0 radical (unpaired) electrons. The van der Waals surface area contributed by atoms with E-state index in [0.29, 0.717) is 0 Å². The van der Waals surface area contributed by atoms with Gasteiger partial charge in [-0.15, -0.1) is 0 Å². The summed E-state index contributed by atoms with van der Waals surface area (Å²) in [5.74, 6) is 0. The van der Waals surface area contributed by atoms with Crippen molar-refractivity contribution in [2.45, 2.75) is 8.32 Å². The molecular formula is C2H5BrSr. The van der Waals surface area contributed by atoms with Crippen LogP contribution in [0.1, 0.15) is 6.92 Å². The van der Waals surface area contributed by atoms with E-state index in [-0.39, 0.29) is 37.7 Å². The van der Waals surface area contributed by atoms with Gasteiger partial charge in [-0.1, -0.05) is 0 Å². The van der Waals surface area contributed by atoms with Crippen molar-refractivity contribution in [2.75, 3.05) is 0 Å². The molecule has 0 rings (SSSR count). The zero-order valence-electron chi connectivity index (χ0n) is 2.79. The Morgan fingerprint density at radius 3 is 2.25 bits per heavy atom. The monoisotopic (exact) mass is 196 g/mol. The summed E-state index contributed by atoms with van der Waals surface area (Å²) in [6.45, 7) is 2.23. The van der Waals surface area contributed by atoms with Gasteiger partial charge in [0, 0.05) is 0 Å². The Balaban J connectivity index is 1.97. The van der Waals surface area contributed by atoms with Gasteiger partial charge in [0.15, 0.2) is 0 Å². The molecule has 0 fully saturated rings. The van der Waals surface area contributed by atoms with Gasteiger partial charge >= 0.3 is 54.0 Å². The molecule has 0 heterocycles. The summed E-state index contributed by atoms with van der Waals surface area (Å²) in [5.41, 5.74) is 0. The second-order valence-electron chi connectivity index (χ2n) is 0.689. The average molecular weight is 197 g/mol. The molecule has 22 valence electrons. The van der Waals surface area contributed by atoms with Crippen LogP contribution >= 0.6 is 7.95 Å². The van der Waals surface area contributed by atoms with Crippen molar-refractivity contribution in [1.82, 2.24) is 0 Å². The molecule has 0 N–H and O–H groups in total. The van der Waals surface area contributed by atoms with Crippen molar-refractivity contribution in [3.63, 3.8) is 0 Å². The summed E-state index contributed by atoms with van der Waals surface area (Å²) in [4.78, 5) is 0. The molecule has 0 aliphatic heterocycles. The Bertz CT molecular complexity index is 8.00. The van der Waals surface area contributed by atoms with E-state index >= 15 is 0 Å². The van der Waals surface area contributed by atoms with Crippen molar-refractivity contribution < 1.29 is 0 Å². The standard InChI is InChI=1S/C2H5.BrH.Sr/c1-2;;/h1H2,2H3;1H;/q;;+1/p-1. The first kappa shape index (κ1) is 5.96. The van der Waals surface area contributed by atoms with Crippen LogP contribution < -0.4 is 0 Å². The molecular weight excluding hydrogens is 192 g/mol. The topological polar surface area (TPSA) is 0 Å². The maximum atomic E-state index is 3.46. The van der Waals surface area contributed by atoms with E-state index < -0.39 is 0 Å². The van der Waals surface area contributed by atoms with Crippen LogP contribution in [-0.2, 0) is 0 Å². The van der Waals surface area contributed by atoms with Crippen LogP contribution in [0.2, 0.25) is 1.39 Å². The fourth-order valence-electron chi connectivity index (χ4n) is 0. The Labute approximate surface area is 52.7 Å². The third kappa shape index (κ3) is 3.96. The summed E-state index contributed by atoms with van der Waals surface area (Å²) in [6, 6.07) is 0. The number of halogens is 1. The van der Waals surface area contributed by atoms with E-state index in [1.165, 1.54) is 1.39 Å². The number of hydrogen-bond acceptors (Lipinski definition) is 0. The van der Waals surface area contributed by atoms with Gasteiger partial charge in [0.05, 0.1) is 0 Å². The van der Waals surface area contributed by atoms with E-state index in [1.54, 1.807) is 0 Å². The Kier molecular flexibility index (Phi) is 7.39. The Morgan fingerprint density at radius 2 is 2.25 bits per heavy atom. The van der Waals surface area contributed by atoms with Crippen LogP contribution in [0.25, 0.3) is 0 Å². The quantitative estimate of drug-likeness (QED) is 0.557. The van der Waals surface area contributed by atoms with Gasteiger partial charge in [-0.2, -0.15) is 0 Å². The molecule has 0 saturated carbocycles. The zero-order chi connectivity index (χ0) is 3.41. The summed E-state index contributed by atoms with van der Waals surface area (Å²) in [5, 5.41) is 0. The average Bonchev–Trinajstić information content (AvgIpc) is 1.37. The summed E-state index contributed by atoms with van der Waals surface area (Å²) >= 11 is -0.221. The van der Waals surface area contributed by atoms with Gasteiger partial charge in [0.1, 0.15) is 0 Å². The van der Waals surface area contributed by atoms with Crippen LogP contribution in [0, 0.1) is 0 Å². The van der Waals surface area contributed by atoms with Crippen molar-refractivity contribution in [1.29, 1.82) is 0 Å². The molecule has 0 atom stereocenters. The first-order valence-electron chi connectivity index (χ1n) is 1.47. The van der Waals surface area contributed by atoms with E-state index in [2.05, 4.69) is 14.9 Å². The molecule has 0 saturated heterocycles. The maximum absolute atomic E-state index is 3.46. The molecule has 0 unspecified atom stereocenters. The molecule has 0 aromatic heterocycles. The van der Waals surface area contributed by atoms with Crippen LogP contribution in [-0.4, -0.2) is 37.7 Å². The molecule has 0 aromatic rings. The molecule has 0 aromatic carbocycles. The van der Waals surface area contributed by atoms with E-state index in [0.717, 1.165) is 0 Å². The van der Waals surface area contributed by atoms with Gasteiger partial charge in [-0.05, 0) is 0 Å². The van der Waals surface area contributed by atoms with Gasteiger partial charge in [-0.3, -0.25) is 0 Å². The molecule has 0 amide bonds. The van der Waals surface area contributed by atoms with Crippen molar-refractivity contribution >= 4 is 45.7 Å². The van der Waals surface area contributed by atoms with Gasteiger partial charge < -0.3 is 0 Å². The van der Waals surface area contributed by atoms with Crippen molar-refractivity contribution in [3.8, 4) is 0 Å². The molecule has 0 aliphatic rings. The second kappa shape index (κ2) is 4.96. The number of hydrogen-bond donors (Lipinski definition) is 0. The molecule has 0 nitrogen and oxygen atoms in total. The van der Waals surface area contributed by atoms with E-state index in [1.807, 2.05) is 0 Å². The third-order valence-corrected chi connectivity index (χ3v) is 5.81. The minimum absolute atomic E-state index is 0.221. The van der Waals surface area contributed by atoms with Crippen LogP contribution in [0.15, 0.2) is 0 Å². The third-order valence-electron chi connectivity index (χ3n) is 0.189. The fourth-order valence-corrected chi connectivity index (χ4v) is 0. The van der Waals surface area contributed by atoms with Crippen molar-refractivity contribution in [2.24, 2.45) is 0 Å². The van der Waals surface area contributed by atoms with Gasteiger partial charge in [0.25, 0.3) is 0 Å². The Morgan fingerprint density at radius 1 is 2.00 bits per heavy atom.